The van der Waals surface area contributed by atoms with Gasteiger partial charge in [-0.2, -0.15) is 18.2 Å². The number of carbonyl (C=O) groups is 1. The molecule has 2 aromatic rings. The summed E-state index contributed by atoms with van der Waals surface area (Å²) < 4.78 is 58.3. The van der Waals surface area contributed by atoms with Crippen LogP contribution in [0.5, 0.6) is 5.88 Å². The number of nitrogen functional groups attached to an aromatic ring is 1. The van der Waals surface area contributed by atoms with E-state index in [2.05, 4.69) is 15.0 Å². The standard InChI is InChI=1S/C24H31F3N6O4/c1-3-15(2)36-23(34)33-6-4-16(5-7-33)37-21-13-19(30-22(31-21)32-8-10-35-11-9-32)17-14-29-20(28)12-18(17)24(25,26)27/h12-16H,3-11H2,1-2H3,(H2,28,29). The number of morpholine rings is 1. The van der Waals surface area contributed by atoms with Crippen LogP contribution in [0, 0.1) is 0 Å². The lowest BCUT2D eigenvalue weighted by Crippen LogP contribution is -2.43. The van der Waals surface area contributed by atoms with Gasteiger partial charge in [0.05, 0.1) is 24.5 Å². The molecule has 4 rings (SSSR count). The van der Waals surface area contributed by atoms with Gasteiger partial charge in [-0.3, -0.25) is 0 Å². The highest BCUT2D eigenvalue weighted by Crippen LogP contribution is 2.38. The smallest absolute Gasteiger partial charge is 0.417 e. The fraction of sp³-hybridized carbons (Fsp3) is 0.583. The predicted molar refractivity (Wildman–Crippen MR) is 129 cm³/mol. The molecule has 2 N–H and O–H groups in total. The second-order valence-corrected chi connectivity index (χ2v) is 9.05. The van der Waals surface area contributed by atoms with Gasteiger partial charge in [-0.15, -0.1) is 0 Å². The van der Waals surface area contributed by atoms with Crippen LogP contribution in [-0.2, 0) is 15.7 Å². The molecule has 0 bridgehead atoms. The molecule has 0 saturated carbocycles. The van der Waals surface area contributed by atoms with Crippen molar-refractivity contribution in [3.05, 3.63) is 23.9 Å². The van der Waals surface area contributed by atoms with Crippen molar-refractivity contribution in [1.82, 2.24) is 19.9 Å². The molecule has 10 nitrogen and oxygen atoms in total. The molecular formula is C24H31F3N6O4. The first-order valence-corrected chi connectivity index (χ1v) is 12.3. The third-order valence-corrected chi connectivity index (χ3v) is 6.36. The Hall–Kier alpha value is -3.35. The second-order valence-electron chi connectivity index (χ2n) is 9.05. The van der Waals surface area contributed by atoms with E-state index in [4.69, 9.17) is 19.9 Å². The Morgan fingerprint density at radius 2 is 1.89 bits per heavy atom. The van der Waals surface area contributed by atoms with E-state index in [9.17, 15) is 18.0 Å². The zero-order chi connectivity index (χ0) is 26.6. The van der Waals surface area contributed by atoms with E-state index in [1.807, 2.05) is 18.7 Å². The quantitative estimate of drug-likeness (QED) is 0.603. The number of pyridine rings is 1. The van der Waals surface area contributed by atoms with Gasteiger partial charge >= 0.3 is 12.3 Å². The molecule has 0 radical (unpaired) electrons. The minimum atomic E-state index is -4.66. The number of ether oxygens (including phenoxy) is 3. The van der Waals surface area contributed by atoms with Crippen molar-refractivity contribution in [2.24, 2.45) is 0 Å². The van der Waals surface area contributed by atoms with E-state index >= 15 is 0 Å². The summed E-state index contributed by atoms with van der Waals surface area (Å²) in [6, 6.07) is 2.18. The Kier molecular flexibility index (Phi) is 8.20. The van der Waals surface area contributed by atoms with Crippen LogP contribution >= 0.6 is 0 Å². The minimum absolute atomic E-state index is 0.0286. The number of alkyl halides is 3. The van der Waals surface area contributed by atoms with Crippen LogP contribution < -0.4 is 15.4 Å². The summed E-state index contributed by atoms with van der Waals surface area (Å²) in [7, 11) is 0. The van der Waals surface area contributed by atoms with E-state index < -0.39 is 11.7 Å². The van der Waals surface area contributed by atoms with Crippen LogP contribution in [0.3, 0.4) is 0 Å². The molecule has 1 unspecified atom stereocenters. The van der Waals surface area contributed by atoms with Gasteiger partial charge in [0.2, 0.25) is 11.8 Å². The lowest BCUT2D eigenvalue weighted by Gasteiger charge is -2.32. The first kappa shape index (κ1) is 26.7. The number of hydrogen-bond acceptors (Lipinski definition) is 9. The summed E-state index contributed by atoms with van der Waals surface area (Å²) in [6.45, 7) is 6.54. The topological polar surface area (TPSA) is 116 Å². The molecule has 2 aliphatic heterocycles. The van der Waals surface area contributed by atoms with Gasteiger partial charge in [-0.05, 0) is 19.4 Å². The summed E-state index contributed by atoms with van der Waals surface area (Å²) >= 11 is 0. The molecule has 1 amide bonds. The number of amides is 1. The molecule has 1 atom stereocenters. The summed E-state index contributed by atoms with van der Waals surface area (Å²) in [4.78, 5) is 28.6. The van der Waals surface area contributed by atoms with Crippen molar-refractivity contribution < 1.29 is 32.2 Å². The van der Waals surface area contributed by atoms with Gasteiger partial charge in [0.15, 0.2) is 0 Å². The Morgan fingerprint density at radius 3 is 2.54 bits per heavy atom. The Labute approximate surface area is 212 Å². The molecule has 0 aliphatic carbocycles. The van der Waals surface area contributed by atoms with Crippen molar-refractivity contribution in [2.75, 3.05) is 50.0 Å². The molecule has 2 saturated heterocycles. The second kappa shape index (κ2) is 11.4. The number of halogens is 3. The zero-order valence-electron chi connectivity index (χ0n) is 20.8. The lowest BCUT2D eigenvalue weighted by atomic mass is 10.1. The number of carbonyl (C=O) groups excluding carboxylic acids is 1. The normalized spacial score (nSPS) is 18.0. The third kappa shape index (κ3) is 6.70. The van der Waals surface area contributed by atoms with Crippen molar-refractivity contribution >= 4 is 17.9 Å². The molecule has 0 spiro atoms. The third-order valence-electron chi connectivity index (χ3n) is 6.36. The Bertz CT molecular complexity index is 1090. The molecular weight excluding hydrogens is 493 g/mol. The van der Waals surface area contributed by atoms with Gasteiger partial charge in [0, 0.05) is 56.8 Å². The van der Waals surface area contributed by atoms with E-state index in [1.54, 1.807) is 4.90 Å². The highest BCUT2D eigenvalue weighted by atomic mass is 19.4. The van der Waals surface area contributed by atoms with Crippen LogP contribution in [-0.4, -0.2) is 77.5 Å². The average Bonchev–Trinajstić information content (AvgIpc) is 2.88. The van der Waals surface area contributed by atoms with E-state index in [-0.39, 0.29) is 47.2 Å². The zero-order valence-corrected chi connectivity index (χ0v) is 20.8. The highest BCUT2D eigenvalue weighted by molar-refractivity contribution is 5.68. The lowest BCUT2D eigenvalue weighted by molar-refractivity contribution is -0.137. The van der Waals surface area contributed by atoms with Crippen molar-refractivity contribution in [3.8, 4) is 17.1 Å². The van der Waals surface area contributed by atoms with Crippen LogP contribution in [0.25, 0.3) is 11.3 Å². The maximum Gasteiger partial charge on any atom is 0.417 e. The average molecular weight is 525 g/mol. The molecule has 202 valence electrons. The van der Waals surface area contributed by atoms with E-state index in [1.165, 1.54) is 6.07 Å². The predicted octanol–water partition coefficient (Wildman–Crippen LogP) is 3.75. The fourth-order valence-corrected chi connectivity index (χ4v) is 4.08. The van der Waals surface area contributed by atoms with Crippen molar-refractivity contribution in [1.29, 1.82) is 0 Å². The molecule has 2 aromatic heterocycles. The molecule has 2 fully saturated rings. The number of piperidine rings is 1. The number of nitrogens with zero attached hydrogens (tertiary/aromatic N) is 5. The molecule has 4 heterocycles. The maximum absolute atomic E-state index is 13.8. The number of rotatable bonds is 6. The minimum Gasteiger partial charge on any atom is -0.474 e. The van der Waals surface area contributed by atoms with E-state index in [0.717, 1.165) is 18.7 Å². The van der Waals surface area contributed by atoms with Crippen LogP contribution in [0.4, 0.5) is 29.7 Å². The maximum atomic E-state index is 13.8. The van der Waals surface area contributed by atoms with Gasteiger partial charge in [-0.1, -0.05) is 6.92 Å². The Morgan fingerprint density at radius 1 is 1.19 bits per heavy atom. The SMILES string of the molecule is CCC(C)OC(=O)N1CCC(Oc2cc(-c3cnc(N)cc3C(F)(F)F)nc(N3CCOCC3)n2)CC1. The van der Waals surface area contributed by atoms with Gasteiger partial charge < -0.3 is 29.7 Å². The monoisotopic (exact) mass is 524 g/mol. The van der Waals surface area contributed by atoms with Crippen LogP contribution in [0.2, 0.25) is 0 Å². The molecule has 13 heteroatoms. The number of nitrogens with two attached hydrogens (primary N) is 1. The molecule has 2 aliphatic rings. The first-order valence-electron chi connectivity index (χ1n) is 12.3. The summed E-state index contributed by atoms with van der Waals surface area (Å²) in [5.41, 5.74) is 4.41. The van der Waals surface area contributed by atoms with Crippen LogP contribution in [0.1, 0.15) is 38.7 Å². The summed E-state index contributed by atoms with van der Waals surface area (Å²) in [6.07, 6.45) is -2.61. The number of likely N-dealkylation sites (tertiary alicyclic amines) is 1. The highest BCUT2D eigenvalue weighted by Gasteiger charge is 2.35. The molecule has 0 aromatic carbocycles. The van der Waals surface area contributed by atoms with Crippen LogP contribution in [0.15, 0.2) is 18.3 Å². The number of anilines is 2. The fourth-order valence-electron chi connectivity index (χ4n) is 4.08. The van der Waals surface area contributed by atoms with Gasteiger partial charge in [-0.25, -0.2) is 14.8 Å². The van der Waals surface area contributed by atoms with Gasteiger partial charge in [0.1, 0.15) is 18.0 Å². The first-order chi connectivity index (χ1) is 17.6. The van der Waals surface area contributed by atoms with E-state index in [0.29, 0.717) is 52.2 Å². The van der Waals surface area contributed by atoms with Crippen molar-refractivity contribution in [3.63, 3.8) is 0 Å². The number of aromatic nitrogens is 3. The largest absolute Gasteiger partial charge is 0.474 e. The van der Waals surface area contributed by atoms with Gasteiger partial charge in [0.25, 0.3) is 0 Å². The Balaban J connectivity index is 1.57. The molecule has 37 heavy (non-hydrogen) atoms. The van der Waals surface area contributed by atoms with Crippen molar-refractivity contribution in [2.45, 2.75) is 51.5 Å². The summed E-state index contributed by atoms with van der Waals surface area (Å²) in [5, 5.41) is 0. The summed E-state index contributed by atoms with van der Waals surface area (Å²) in [5.74, 6) is 0.154. The number of hydrogen-bond donors (Lipinski definition) is 1.